The topological polar surface area (TPSA) is 230 Å². The van der Waals surface area contributed by atoms with E-state index in [4.69, 9.17) is 62.1 Å². The van der Waals surface area contributed by atoms with Gasteiger partial charge >= 0.3 is 35.8 Å². The van der Waals surface area contributed by atoms with E-state index >= 15 is 0 Å². The number of nitrogens with zero attached hydrogens (tertiary/aromatic N) is 2. The number of hydrogen-bond acceptors (Lipinski definition) is 19. The number of rotatable bonds is 39. The van der Waals surface area contributed by atoms with Gasteiger partial charge in [0.2, 0.25) is 0 Å². The molecule has 0 unspecified atom stereocenters. The minimum atomic E-state index is -0.695. The Morgan fingerprint density at radius 1 is 0.340 bits per heavy atom. The maximum Gasteiger partial charge on any atom is 0.343 e. The average Bonchev–Trinajstić information content (AvgIpc) is 0.781. The molecule has 0 saturated carbocycles. The number of benzene rings is 7. The highest BCUT2D eigenvalue weighted by Gasteiger charge is 2.20. The maximum atomic E-state index is 13.7. The molecular formula is C75H76N2O17. The first-order chi connectivity index (χ1) is 45.9. The van der Waals surface area contributed by atoms with Crippen molar-refractivity contribution in [3.63, 3.8) is 0 Å². The molecule has 19 heteroatoms. The summed E-state index contributed by atoms with van der Waals surface area (Å²) in [6, 6.07) is 44.5. The van der Waals surface area contributed by atoms with Crippen molar-refractivity contribution in [2.24, 2.45) is 0 Å². The third kappa shape index (κ3) is 22.7. The number of fused-ring (bicyclic) bond motifs is 1. The zero-order valence-corrected chi connectivity index (χ0v) is 52.6. The Labute approximate surface area is 546 Å². The van der Waals surface area contributed by atoms with Crippen LogP contribution in [-0.4, -0.2) is 105 Å². The number of hydrogen-bond donors (Lipinski definition) is 0. The van der Waals surface area contributed by atoms with Gasteiger partial charge in [-0.05, 0) is 179 Å². The zero-order chi connectivity index (χ0) is 66.1. The van der Waals surface area contributed by atoms with Crippen molar-refractivity contribution < 1.29 is 80.9 Å². The molecule has 488 valence electrons. The Balaban J connectivity index is 0.877. The van der Waals surface area contributed by atoms with E-state index < -0.39 is 35.8 Å². The molecule has 19 nitrogen and oxygen atoms in total. The van der Waals surface area contributed by atoms with Crippen LogP contribution >= 0.6 is 0 Å². The summed E-state index contributed by atoms with van der Waals surface area (Å²) in [4.78, 5) is 86.0. The van der Waals surface area contributed by atoms with Crippen molar-refractivity contribution in [2.45, 2.75) is 77.6 Å². The van der Waals surface area contributed by atoms with Crippen LogP contribution in [0.5, 0.6) is 40.2 Å². The third-order valence-electron chi connectivity index (χ3n) is 14.3. The summed E-state index contributed by atoms with van der Waals surface area (Å²) >= 11 is 0. The quantitative estimate of drug-likeness (QED) is 0.0151. The molecule has 0 bridgehead atoms. The molecule has 7 aromatic carbocycles. The van der Waals surface area contributed by atoms with Crippen molar-refractivity contribution in [2.75, 3.05) is 59.5 Å². The van der Waals surface area contributed by atoms with E-state index in [-0.39, 0.29) is 33.9 Å². The Hall–Kier alpha value is -10.5. The van der Waals surface area contributed by atoms with Crippen molar-refractivity contribution >= 4 is 46.8 Å². The zero-order valence-electron chi connectivity index (χ0n) is 52.6. The van der Waals surface area contributed by atoms with E-state index in [1.807, 2.05) is 37.3 Å². The predicted octanol–water partition coefficient (Wildman–Crippen LogP) is 14.8. The molecule has 0 aliphatic heterocycles. The molecule has 94 heavy (non-hydrogen) atoms. The van der Waals surface area contributed by atoms with Crippen LogP contribution in [0.15, 0.2) is 189 Å². The normalized spacial score (nSPS) is 10.8. The molecule has 8 aromatic rings. The first-order valence-corrected chi connectivity index (χ1v) is 31.4. The summed E-state index contributed by atoms with van der Waals surface area (Å²) in [7, 11) is 0. The second kappa shape index (κ2) is 37.7. The molecule has 0 N–H and O–H groups in total. The highest BCUT2D eigenvalue weighted by Crippen LogP contribution is 2.36. The van der Waals surface area contributed by atoms with E-state index in [1.165, 1.54) is 54.6 Å². The highest BCUT2D eigenvalue weighted by atomic mass is 16.6. The van der Waals surface area contributed by atoms with Gasteiger partial charge in [0.15, 0.2) is 0 Å². The maximum absolute atomic E-state index is 13.7. The summed E-state index contributed by atoms with van der Waals surface area (Å²) in [5.41, 5.74) is 4.04. The van der Waals surface area contributed by atoms with Gasteiger partial charge in [-0.2, -0.15) is 0 Å². The lowest BCUT2D eigenvalue weighted by atomic mass is 10.0. The molecule has 0 radical (unpaired) electrons. The van der Waals surface area contributed by atoms with Crippen LogP contribution in [-0.2, 0) is 28.5 Å². The van der Waals surface area contributed by atoms with Gasteiger partial charge in [0.25, 0.3) is 0 Å². The standard InChI is InChI=1S/C75H76N2O17/c1-4-68(78)89-44-16-11-9-7-8-10-14-43-87-63-22-18-20-57(50-63)71-70(76-66-41-40-65(52-67(66)77-71)94-75(83)55-28-32-59(33-29-55)88-49-48-85-47-46-84-6-3)58-21-19-23-64(51-58)93-74(82)54-26-24-53(25-27-54)72(80)91-61-34-30-56(31-35-61)73(81)92-62-38-36-60(37-39-62)86-42-15-12-13-17-45-90-69(79)5-2/h4-5,18-41,50-52H,1-2,6-17,42-49H2,3H3. The number of aromatic nitrogens is 2. The Kier molecular flexibility index (Phi) is 27.9. The number of carbonyl (C=O) groups excluding carboxylic acids is 6. The Bertz CT molecular complexity index is 3800. The number of ether oxygens (including phenoxy) is 11. The monoisotopic (exact) mass is 1280 g/mol. The molecule has 0 spiro atoms. The van der Waals surface area contributed by atoms with Gasteiger partial charge in [0.1, 0.15) is 46.9 Å². The van der Waals surface area contributed by atoms with Gasteiger partial charge in [-0.25, -0.2) is 38.7 Å². The highest BCUT2D eigenvalue weighted by molar-refractivity contribution is 5.96. The van der Waals surface area contributed by atoms with Gasteiger partial charge in [-0.15, -0.1) is 0 Å². The van der Waals surface area contributed by atoms with Crippen LogP contribution in [0.2, 0.25) is 0 Å². The van der Waals surface area contributed by atoms with Crippen LogP contribution in [0.1, 0.15) is 119 Å². The van der Waals surface area contributed by atoms with Gasteiger partial charge < -0.3 is 52.1 Å². The molecule has 1 heterocycles. The third-order valence-corrected chi connectivity index (χ3v) is 14.3. The van der Waals surface area contributed by atoms with Gasteiger partial charge in [0.05, 0.1) is 90.9 Å². The Morgan fingerprint density at radius 2 is 0.691 bits per heavy atom. The molecule has 0 aliphatic rings. The minimum absolute atomic E-state index is 0.161. The van der Waals surface area contributed by atoms with E-state index in [1.54, 1.807) is 84.9 Å². The molecule has 8 rings (SSSR count). The van der Waals surface area contributed by atoms with Crippen molar-refractivity contribution in [1.29, 1.82) is 0 Å². The van der Waals surface area contributed by atoms with Crippen molar-refractivity contribution in [1.82, 2.24) is 9.97 Å². The molecular weight excluding hydrogens is 1200 g/mol. The fourth-order valence-corrected chi connectivity index (χ4v) is 9.37. The van der Waals surface area contributed by atoms with Gasteiger partial charge in [-0.3, -0.25) is 0 Å². The number of unbranched alkanes of at least 4 members (excludes halogenated alkanes) is 9. The average molecular weight is 1280 g/mol. The number of carbonyl (C=O) groups is 6. The van der Waals surface area contributed by atoms with E-state index in [9.17, 15) is 28.8 Å². The fraction of sp³-hybridized carbons (Fsp3) is 0.280. The van der Waals surface area contributed by atoms with Gasteiger partial charge in [0, 0.05) is 36.0 Å². The predicted molar refractivity (Wildman–Crippen MR) is 353 cm³/mol. The second-order valence-electron chi connectivity index (χ2n) is 21.3. The van der Waals surface area contributed by atoms with Crippen LogP contribution < -0.4 is 33.2 Å². The fourth-order valence-electron chi connectivity index (χ4n) is 9.37. The van der Waals surface area contributed by atoms with E-state index in [2.05, 4.69) is 13.2 Å². The van der Waals surface area contributed by atoms with Crippen molar-refractivity contribution in [3.8, 4) is 62.8 Å². The summed E-state index contributed by atoms with van der Waals surface area (Å²) in [6.45, 7) is 12.8. The number of esters is 6. The summed E-state index contributed by atoms with van der Waals surface area (Å²) in [5, 5.41) is 0. The molecule has 0 fully saturated rings. The molecule has 0 amide bonds. The first kappa shape index (κ1) is 69.4. The van der Waals surface area contributed by atoms with Crippen LogP contribution in [0.3, 0.4) is 0 Å². The molecule has 1 aromatic heterocycles. The second-order valence-corrected chi connectivity index (χ2v) is 21.3. The minimum Gasteiger partial charge on any atom is -0.494 e. The lowest BCUT2D eigenvalue weighted by Crippen LogP contribution is -2.12. The molecule has 0 atom stereocenters. The summed E-state index contributed by atoms with van der Waals surface area (Å²) < 4.78 is 61.5. The van der Waals surface area contributed by atoms with E-state index in [0.29, 0.717) is 122 Å². The van der Waals surface area contributed by atoms with Crippen LogP contribution in [0.4, 0.5) is 0 Å². The summed E-state index contributed by atoms with van der Waals surface area (Å²) in [6.07, 6.45) is 12.5. The largest absolute Gasteiger partial charge is 0.494 e. The van der Waals surface area contributed by atoms with E-state index in [0.717, 1.165) is 76.7 Å². The molecule has 0 aliphatic carbocycles. The Morgan fingerprint density at radius 3 is 1.19 bits per heavy atom. The SMILES string of the molecule is C=CC(=O)OCCCCCCCCCOc1cccc(-c2nc3cc(OC(=O)c4ccc(OCCOCCOCC)cc4)ccc3nc2-c2cccc(OC(=O)c3ccc(C(=O)Oc4ccc(C(=O)Oc5ccc(OCCCCCCOC(=O)C=C)cc5)cc4)cc3)c2)c1. The lowest BCUT2D eigenvalue weighted by Gasteiger charge is -2.14. The molecule has 0 saturated heterocycles. The summed E-state index contributed by atoms with van der Waals surface area (Å²) in [5.74, 6) is -0.591. The first-order valence-electron chi connectivity index (χ1n) is 31.4. The van der Waals surface area contributed by atoms with Gasteiger partial charge in [-0.1, -0.05) is 69.5 Å². The van der Waals surface area contributed by atoms with Crippen LogP contribution in [0, 0.1) is 0 Å². The van der Waals surface area contributed by atoms with Crippen LogP contribution in [0.25, 0.3) is 33.5 Å². The van der Waals surface area contributed by atoms with Crippen molar-refractivity contribution in [3.05, 3.63) is 211 Å². The smallest absolute Gasteiger partial charge is 0.343 e. The lowest BCUT2D eigenvalue weighted by molar-refractivity contribution is -0.138.